The molecule has 1 N–H and O–H groups in total. The number of hydrogen-bond donors (Lipinski definition) is 1. The van der Waals surface area contributed by atoms with Crippen LogP contribution in [0, 0.1) is 20.8 Å². The van der Waals surface area contributed by atoms with E-state index in [1.165, 1.54) is 61.3 Å². The largest absolute Gasteiger partial charge is 0.355 e. The van der Waals surface area contributed by atoms with Crippen LogP contribution in [0.2, 0.25) is 0 Å². The molecule has 2 aliphatic rings. The van der Waals surface area contributed by atoms with E-state index in [1.807, 2.05) is 0 Å². The molecule has 1 aromatic heterocycles. The summed E-state index contributed by atoms with van der Waals surface area (Å²) in [6.07, 6.45) is 2.17. The Labute approximate surface area is 209 Å². The van der Waals surface area contributed by atoms with Gasteiger partial charge in [0, 0.05) is 38.1 Å². The number of aromatic amines is 1. The molecule has 2 heterocycles. The maximum Gasteiger partial charge on any atom is 0.0794 e. The zero-order valence-electron chi connectivity index (χ0n) is 20.0. The average molecular weight is 507 g/mol. The number of halogens is 1. The predicted octanol–water partition coefficient (Wildman–Crippen LogP) is 8.21. The van der Waals surface area contributed by atoms with E-state index in [2.05, 4.69) is 109 Å². The standard InChI is InChI=1S/C31H27BrN2/c1-17-13-18(2)28(19(3)14-17)31-26-16-23(32)11-12-25(26)29(34-31)20(4)27-15-22-10-9-21-7-5-6-8-24(21)30(22)33-27/h5-8,11-16,33H,9-10H2,1-4H3. The van der Waals surface area contributed by atoms with E-state index in [4.69, 9.17) is 4.99 Å². The van der Waals surface area contributed by atoms with Crippen molar-refractivity contribution in [3.8, 4) is 11.3 Å². The fourth-order valence-electron chi connectivity index (χ4n) is 5.70. The second-order valence-corrected chi connectivity index (χ2v) is 10.6. The molecule has 0 amide bonds. The lowest BCUT2D eigenvalue weighted by Gasteiger charge is -2.15. The first kappa shape index (κ1) is 21.4. The monoisotopic (exact) mass is 506 g/mol. The van der Waals surface area contributed by atoms with E-state index in [-0.39, 0.29) is 0 Å². The van der Waals surface area contributed by atoms with Crippen LogP contribution in [0.4, 0.5) is 0 Å². The first-order chi connectivity index (χ1) is 16.4. The number of allylic oxidation sites excluding steroid dienone is 1. The Balaban J connectivity index is 1.55. The van der Waals surface area contributed by atoms with Gasteiger partial charge in [-0.15, -0.1) is 0 Å². The summed E-state index contributed by atoms with van der Waals surface area (Å²) in [7, 11) is 0. The van der Waals surface area contributed by atoms with Gasteiger partial charge in [0.25, 0.3) is 0 Å². The van der Waals surface area contributed by atoms with Crippen LogP contribution in [-0.2, 0) is 12.8 Å². The van der Waals surface area contributed by atoms with Crippen molar-refractivity contribution in [3.05, 3.63) is 115 Å². The number of fused-ring (bicyclic) bond motifs is 4. The third-order valence-electron chi connectivity index (χ3n) is 7.24. The highest BCUT2D eigenvalue weighted by Crippen LogP contribution is 2.41. The molecule has 3 aromatic carbocycles. The Morgan fingerprint density at radius 2 is 1.56 bits per heavy atom. The molecule has 0 spiro atoms. The van der Waals surface area contributed by atoms with Gasteiger partial charge >= 0.3 is 0 Å². The second kappa shape index (κ2) is 7.95. The fourth-order valence-corrected chi connectivity index (χ4v) is 6.06. The molecule has 2 nitrogen and oxygen atoms in total. The maximum atomic E-state index is 5.30. The number of rotatable bonds is 2. The third-order valence-corrected chi connectivity index (χ3v) is 7.73. The molecule has 34 heavy (non-hydrogen) atoms. The third kappa shape index (κ3) is 3.33. The molecule has 168 valence electrons. The second-order valence-electron chi connectivity index (χ2n) is 9.64. The highest BCUT2D eigenvalue weighted by Gasteiger charge is 2.27. The minimum absolute atomic E-state index is 1.06. The van der Waals surface area contributed by atoms with E-state index in [0.717, 1.165) is 34.4 Å². The number of benzene rings is 3. The van der Waals surface area contributed by atoms with Crippen LogP contribution >= 0.6 is 15.9 Å². The van der Waals surface area contributed by atoms with Gasteiger partial charge in [-0.25, -0.2) is 4.99 Å². The molecule has 0 radical (unpaired) electrons. The van der Waals surface area contributed by atoms with Gasteiger partial charge in [0.05, 0.1) is 11.4 Å². The Morgan fingerprint density at radius 3 is 2.35 bits per heavy atom. The lowest BCUT2D eigenvalue weighted by atomic mass is 9.90. The SMILES string of the molecule is CC(=C1N=C(c2c(C)cc(C)cc2C)c2cc(Br)ccc21)c1cc2c([nH]1)-c1ccccc1CC2. The van der Waals surface area contributed by atoms with Crippen LogP contribution in [0.3, 0.4) is 0 Å². The highest BCUT2D eigenvalue weighted by atomic mass is 79.9. The number of H-pyrrole nitrogens is 1. The van der Waals surface area contributed by atoms with Gasteiger partial charge in [0.15, 0.2) is 0 Å². The maximum absolute atomic E-state index is 5.30. The topological polar surface area (TPSA) is 28.1 Å². The number of nitrogens with zero attached hydrogens (tertiary/aromatic N) is 1. The lowest BCUT2D eigenvalue weighted by molar-refractivity contribution is 0.942. The van der Waals surface area contributed by atoms with E-state index < -0.39 is 0 Å². The van der Waals surface area contributed by atoms with Gasteiger partial charge < -0.3 is 4.98 Å². The molecular weight excluding hydrogens is 480 g/mol. The summed E-state index contributed by atoms with van der Waals surface area (Å²) >= 11 is 3.69. The summed E-state index contributed by atoms with van der Waals surface area (Å²) in [4.78, 5) is 9.06. The van der Waals surface area contributed by atoms with Crippen molar-refractivity contribution in [2.24, 2.45) is 4.99 Å². The molecule has 0 saturated carbocycles. The first-order valence-electron chi connectivity index (χ1n) is 11.9. The molecule has 0 fully saturated rings. The molecule has 0 saturated heterocycles. The molecule has 1 aliphatic heterocycles. The van der Waals surface area contributed by atoms with Gasteiger partial charge in [-0.1, -0.05) is 64.0 Å². The number of aryl methyl sites for hydroxylation is 5. The van der Waals surface area contributed by atoms with Crippen LogP contribution in [-0.4, -0.2) is 10.7 Å². The Bertz CT molecular complexity index is 1520. The molecule has 1 aliphatic carbocycles. The van der Waals surface area contributed by atoms with E-state index >= 15 is 0 Å². The molecule has 0 bridgehead atoms. The average Bonchev–Trinajstić information content (AvgIpc) is 3.40. The van der Waals surface area contributed by atoms with Crippen LogP contribution in [0.5, 0.6) is 0 Å². The van der Waals surface area contributed by atoms with Crippen molar-refractivity contribution in [1.82, 2.24) is 4.98 Å². The fraction of sp³-hybridized carbons (Fsp3) is 0.194. The minimum atomic E-state index is 1.06. The number of nitrogens with one attached hydrogen (secondary N) is 1. The zero-order chi connectivity index (χ0) is 23.6. The molecule has 0 unspecified atom stereocenters. The number of hydrogen-bond acceptors (Lipinski definition) is 1. The molecule has 3 heteroatoms. The van der Waals surface area contributed by atoms with Crippen LogP contribution in [0.15, 0.2) is 70.1 Å². The van der Waals surface area contributed by atoms with E-state index in [0.29, 0.717) is 0 Å². The van der Waals surface area contributed by atoms with Crippen LogP contribution in [0.25, 0.3) is 22.5 Å². The Morgan fingerprint density at radius 1 is 0.824 bits per heavy atom. The summed E-state index contributed by atoms with van der Waals surface area (Å²) < 4.78 is 1.08. The summed E-state index contributed by atoms with van der Waals surface area (Å²) in [5.41, 5.74) is 17.4. The normalized spacial score (nSPS) is 15.5. The smallest absolute Gasteiger partial charge is 0.0794 e. The lowest BCUT2D eigenvalue weighted by Crippen LogP contribution is -2.06. The van der Waals surface area contributed by atoms with E-state index in [9.17, 15) is 0 Å². The number of aliphatic imine (C=N–C) groups is 1. The van der Waals surface area contributed by atoms with Crippen LogP contribution in [0.1, 0.15) is 57.1 Å². The summed E-state index contributed by atoms with van der Waals surface area (Å²) in [5.74, 6) is 0. The van der Waals surface area contributed by atoms with Gasteiger partial charge in [0.1, 0.15) is 0 Å². The summed E-state index contributed by atoms with van der Waals surface area (Å²) in [5, 5.41) is 0. The zero-order valence-corrected chi connectivity index (χ0v) is 21.6. The van der Waals surface area contributed by atoms with Crippen molar-refractivity contribution >= 4 is 32.9 Å². The molecular formula is C31H27BrN2. The van der Waals surface area contributed by atoms with E-state index in [1.54, 1.807) is 0 Å². The van der Waals surface area contributed by atoms with Crippen molar-refractivity contribution in [2.45, 2.75) is 40.5 Å². The number of aromatic nitrogens is 1. The summed E-state index contributed by atoms with van der Waals surface area (Å²) in [6, 6.07) is 22.1. The van der Waals surface area contributed by atoms with Gasteiger partial charge in [-0.05, 0) is 86.6 Å². The van der Waals surface area contributed by atoms with Crippen molar-refractivity contribution in [3.63, 3.8) is 0 Å². The first-order valence-corrected chi connectivity index (χ1v) is 12.7. The van der Waals surface area contributed by atoms with Gasteiger partial charge in [-0.2, -0.15) is 0 Å². The Hall–Kier alpha value is -3.17. The minimum Gasteiger partial charge on any atom is -0.355 e. The van der Waals surface area contributed by atoms with Gasteiger partial charge in [0.2, 0.25) is 0 Å². The summed E-state index contributed by atoms with van der Waals surface area (Å²) in [6.45, 7) is 8.75. The highest BCUT2D eigenvalue weighted by molar-refractivity contribution is 9.10. The molecule has 0 atom stereocenters. The van der Waals surface area contributed by atoms with Crippen molar-refractivity contribution in [1.29, 1.82) is 0 Å². The molecule has 4 aromatic rings. The molecule has 6 rings (SSSR count). The van der Waals surface area contributed by atoms with Crippen molar-refractivity contribution in [2.75, 3.05) is 0 Å². The van der Waals surface area contributed by atoms with Gasteiger partial charge in [-0.3, -0.25) is 0 Å². The Kier molecular flexibility index (Phi) is 5.00. The predicted molar refractivity (Wildman–Crippen MR) is 147 cm³/mol. The van der Waals surface area contributed by atoms with Crippen molar-refractivity contribution < 1.29 is 0 Å². The quantitative estimate of drug-likeness (QED) is 0.283. The van der Waals surface area contributed by atoms with Crippen LogP contribution < -0.4 is 0 Å².